The van der Waals surface area contributed by atoms with E-state index in [0.717, 1.165) is 35.9 Å². The standard InChI is InChI=1S/C21H23N3OS2/c1-14-3-5-16(6-4-14)22-20(25)11-21-23-17(13-27-21)12-24-9-7-19-18(15(24)2)8-10-26-19/h3-6,8,10,13,15H,7,9,11-12H2,1-2H3,(H,22,25)/t15-/m1/s1. The van der Waals surface area contributed by atoms with Gasteiger partial charge in [-0.3, -0.25) is 9.69 Å². The molecule has 1 aliphatic rings. The second-order valence-electron chi connectivity index (χ2n) is 7.02. The molecule has 0 aliphatic carbocycles. The molecule has 3 heterocycles. The number of amides is 1. The predicted octanol–water partition coefficient (Wildman–Crippen LogP) is 4.81. The lowest BCUT2D eigenvalue weighted by molar-refractivity contribution is -0.115. The molecule has 1 aromatic carbocycles. The molecular formula is C21H23N3OS2. The van der Waals surface area contributed by atoms with E-state index in [1.54, 1.807) is 11.3 Å². The first-order valence-corrected chi connectivity index (χ1v) is 10.9. The molecule has 6 heteroatoms. The Labute approximate surface area is 167 Å². The van der Waals surface area contributed by atoms with Crippen LogP contribution in [0.15, 0.2) is 41.1 Å². The van der Waals surface area contributed by atoms with E-state index in [1.807, 2.05) is 42.5 Å². The number of carbonyl (C=O) groups excluding carboxylic acids is 1. The SMILES string of the molecule is Cc1ccc(NC(=O)Cc2nc(CN3CCc4sccc4[C@H]3C)cs2)cc1. The number of aromatic nitrogens is 1. The van der Waals surface area contributed by atoms with Gasteiger partial charge in [0.1, 0.15) is 5.01 Å². The minimum Gasteiger partial charge on any atom is -0.326 e. The highest BCUT2D eigenvalue weighted by Crippen LogP contribution is 2.33. The lowest BCUT2D eigenvalue weighted by Gasteiger charge is -2.32. The Morgan fingerprint density at radius 3 is 2.89 bits per heavy atom. The summed E-state index contributed by atoms with van der Waals surface area (Å²) in [7, 11) is 0. The van der Waals surface area contributed by atoms with Gasteiger partial charge in [0.2, 0.25) is 5.91 Å². The number of fused-ring (bicyclic) bond motifs is 1. The van der Waals surface area contributed by atoms with Gasteiger partial charge in [0.25, 0.3) is 0 Å². The largest absolute Gasteiger partial charge is 0.326 e. The third-order valence-corrected chi connectivity index (χ3v) is 6.91. The number of nitrogens with zero attached hydrogens (tertiary/aromatic N) is 2. The molecule has 4 nitrogen and oxygen atoms in total. The van der Waals surface area contributed by atoms with Crippen LogP contribution < -0.4 is 5.32 Å². The third-order valence-electron chi connectivity index (χ3n) is 5.02. The van der Waals surface area contributed by atoms with Crippen LogP contribution in [-0.2, 0) is 24.2 Å². The van der Waals surface area contributed by atoms with Crippen LogP contribution in [0.2, 0.25) is 0 Å². The maximum Gasteiger partial charge on any atom is 0.231 e. The van der Waals surface area contributed by atoms with Gasteiger partial charge < -0.3 is 5.32 Å². The van der Waals surface area contributed by atoms with E-state index < -0.39 is 0 Å². The molecule has 4 rings (SSSR count). The molecule has 140 valence electrons. The quantitative estimate of drug-likeness (QED) is 0.672. The average molecular weight is 398 g/mol. The first kappa shape index (κ1) is 18.3. The van der Waals surface area contributed by atoms with Crippen LogP contribution in [0, 0.1) is 6.92 Å². The molecule has 0 unspecified atom stereocenters. The first-order valence-electron chi connectivity index (χ1n) is 9.18. The summed E-state index contributed by atoms with van der Waals surface area (Å²) in [5.74, 6) is -0.0194. The van der Waals surface area contributed by atoms with Crippen molar-refractivity contribution in [3.63, 3.8) is 0 Å². The van der Waals surface area contributed by atoms with Crippen LogP contribution in [0.5, 0.6) is 0 Å². The van der Waals surface area contributed by atoms with E-state index in [1.165, 1.54) is 16.0 Å². The van der Waals surface area contributed by atoms with Crippen molar-refractivity contribution in [1.82, 2.24) is 9.88 Å². The molecule has 0 fully saturated rings. The smallest absolute Gasteiger partial charge is 0.231 e. The van der Waals surface area contributed by atoms with Crippen molar-refractivity contribution in [3.05, 3.63) is 67.8 Å². The molecule has 0 radical (unpaired) electrons. The van der Waals surface area contributed by atoms with Gasteiger partial charge in [-0.2, -0.15) is 0 Å². The lowest BCUT2D eigenvalue weighted by atomic mass is 10.0. The first-order chi connectivity index (χ1) is 13.1. The summed E-state index contributed by atoms with van der Waals surface area (Å²) in [5, 5.41) is 8.09. The number of anilines is 1. The van der Waals surface area contributed by atoms with E-state index in [0.29, 0.717) is 12.5 Å². The van der Waals surface area contributed by atoms with E-state index in [2.05, 4.69) is 34.0 Å². The summed E-state index contributed by atoms with van der Waals surface area (Å²) in [4.78, 5) is 21.0. The second-order valence-corrected chi connectivity index (χ2v) is 8.96. The fourth-order valence-corrected chi connectivity index (χ4v) is 5.21. The number of hydrogen-bond donors (Lipinski definition) is 1. The Balaban J connectivity index is 1.35. The molecule has 1 aliphatic heterocycles. The molecule has 1 N–H and O–H groups in total. The molecule has 1 amide bonds. The maximum absolute atomic E-state index is 12.3. The molecule has 0 spiro atoms. The van der Waals surface area contributed by atoms with Gasteiger partial charge in [-0.05, 0) is 49.4 Å². The van der Waals surface area contributed by atoms with Gasteiger partial charge in [-0.1, -0.05) is 17.7 Å². The van der Waals surface area contributed by atoms with Crippen LogP contribution in [-0.4, -0.2) is 22.3 Å². The zero-order valence-corrected chi connectivity index (χ0v) is 17.2. The number of benzene rings is 1. The van der Waals surface area contributed by atoms with E-state index in [-0.39, 0.29) is 5.91 Å². The zero-order valence-electron chi connectivity index (χ0n) is 15.6. The average Bonchev–Trinajstić information content (AvgIpc) is 3.29. The van der Waals surface area contributed by atoms with Crippen LogP contribution in [0.25, 0.3) is 0 Å². The molecule has 0 saturated heterocycles. The Bertz CT molecular complexity index is 929. The summed E-state index contributed by atoms with van der Waals surface area (Å²) >= 11 is 3.44. The molecule has 0 bridgehead atoms. The maximum atomic E-state index is 12.3. The molecule has 0 saturated carbocycles. The minimum absolute atomic E-state index is 0.0194. The van der Waals surface area contributed by atoms with Gasteiger partial charge in [0.05, 0.1) is 12.1 Å². The Morgan fingerprint density at radius 2 is 2.07 bits per heavy atom. The number of hydrogen-bond acceptors (Lipinski definition) is 5. The van der Waals surface area contributed by atoms with Gasteiger partial charge in [-0.15, -0.1) is 22.7 Å². The van der Waals surface area contributed by atoms with Crippen LogP contribution in [0.4, 0.5) is 5.69 Å². The van der Waals surface area contributed by atoms with Crippen LogP contribution >= 0.6 is 22.7 Å². The Morgan fingerprint density at radius 1 is 1.26 bits per heavy atom. The fraction of sp³-hybridized carbons (Fsp3) is 0.333. The molecule has 1 atom stereocenters. The minimum atomic E-state index is -0.0194. The summed E-state index contributed by atoms with van der Waals surface area (Å²) in [6, 6.07) is 10.5. The normalized spacial score (nSPS) is 16.9. The van der Waals surface area contributed by atoms with E-state index in [9.17, 15) is 4.79 Å². The summed E-state index contributed by atoms with van der Waals surface area (Å²) in [6.07, 6.45) is 1.44. The predicted molar refractivity (Wildman–Crippen MR) is 112 cm³/mol. The summed E-state index contributed by atoms with van der Waals surface area (Å²) < 4.78 is 0. The van der Waals surface area contributed by atoms with Crippen molar-refractivity contribution in [3.8, 4) is 0 Å². The van der Waals surface area contributed by atoms with Gasteiger partial charge >= 0.3 is 0 Å². The van der Waals surface area contributed by atoms with Crippen molar-refractivity contribution >= 4 is 34.3 Å². The van der Waals surface area contributed by atoms with Crippen molar-refractivity contribution in [2.75, 3.05) is 11.9 Å². The summed E-state index contributed by atoms with van der Waals surface area (Å²) in [5.41, 5.74) is 4.53. The highest BCUT2D eigenvalue weighted by atomic mass is 32.1. The fourth-order valence-electron chi connectivity index (χ4n) is 3.47. The zero-order chi connectivity index (χ0) is 18.8. The monoisotopic (exact) mass is 397 g/mol. The van der Waals surface area contributed by atoms with Gasteiger partial charge in [0.15, 0.2) is 0 Å². The summed E-state index contributed by atoms with van der Waals surface area (Å²) in [6.45, 7) is 6.21. The number of carbonyl (C=O) groups is 1. The van der Waals surface area contributed by atoms with Crippen LogP contribution in [0.3, 0.4) is 0 Å². The number of thiophene rings is 1. The molecule has 3 aromatic rings. The number of nitrogens with one attached hydrogen (secondary N) is 1. The second kappa shape index (κ2) is 7.92. The topological polar surface area (TPSA) is 45.2 Å². The highest BCUT2D eigenvalue weighted by molar-refractivity contribution is 7.10. The third kappa shape index (κ3) is 4.29. The van der Waals surface area contributed by atoms with Gasteiger partial charge in [-0.25, -0.2) is 4.98 Å². The van der Waals surface area contributed by atoms with Crippen molar-refractivity contribution in [2.24, 2.45) is 0 Å². The van der Waals surface area contributed by atoms with Crippen LogP contribution in [0.1, 0.15) is 39.7 Å². The Hall–Kier alpha value is -2.02. The Kier molecular flexibility index (Phi) is 5.38. The highest BCUT2D eigenvalue weighted by Gasteiger charge is 2.25. The van der Waals surface area contributed by atoms with Crippen molar-refractivity contribution in [1.29, 1.82) is 0 Å². The van der Waals surface area contributed by atoms with Crippen molar-refractivity contribution in [2.45, 2.75) is 39.3 Å². The molecule has 27 heavy (non-hydrogen) atoms. The van der Waals surface area contributed by atoms with E-state index >= 15 is 0 Å². The number of aryl methyl sites for hydroxylation is 1. The van der Waals surface area contributed by atoms with E-state index in [4.69, 9.17) is 4.98 Å². The number of thiazole rings is 1. The van der Waals surface area contributed by atoms with Gasteiger partial charge in [0, 0.05) is 35.1 Å². The lowest BCUT2D eigenvalue weighted by Crippen LogP contribution is -2.32. The number of rotatable bonds is 5. The molecule has 2 aromatic heterocycles. The molecular weight excluding hydrogens is 374 g/mol. The van der Waals surface area contributed by atoms with Crippen molar-refractivity contribution < 1.29 is 4.79 Å².